The minimum Gasteiger partial charge on any atom is -0.350 e. The molecule has 2 saturated heterocycles. The van der Waals surface area contributed by atoms with Gasteiger partial charge in [0.15, 0.2) is 0 Å². The van der Waals surface area contributed by atoms with Crippen molar-refractivity contribution in [3.63, 3.8) is 0 Å². The maximum absolute atomic E-state index is 11.4. The Labute approximate surface area is 91.5 Å². The fraction of sp³-hybridized carbons (Fsp3) is 0.750. The molecular weight excluding hydrogens is 188 g/mol. The third-order valence-corrected chi connectivity index (χ3v) is 3.48. The highest BCUT2D eigenvalue weighted by Gasteiger charge is 2.31. The summed E-state index contributed by atoms with van der Waals surface area (Å²) < 4.78 is 0. The van der Waals surface area contributed by atoms with Crippen LogP contribution in [0.25, 0.3) is 0 Å². The third-order valence-electron chi connectivity index (χ3n) is 3.48. The lowest BCUT2D eigenvalue weighted by molar-refractivity contribution is -0.117. The molecule has 2 aliphatic rings. The van der Waals surface area contributed by atoms with Gasteiger partial charge in [-0.3, -0.25) is 4.79 Å². The summed E-state index contributed by atoms with van der Waals surface area (Å²) in [7, 11) is 0. The number of hydrogen-bond donors (Lipinski definition) is 1. The van der Waals surface area contributed by atoms with Crippen molar-refractivity contribution in [1.29, 1.82) is 0 Å². The molecule has 1 amide bonds. The molecule has 0 bridgehead atoms. The molecule has 3 nitrogen and oxygen atoms in total. The Hall–Kier alpha value is -0.830. The lowest BCUT2D eigenvalue weighted by atomic mass is 9.97. The van der Waals surface area contributed by atoms with Gasteiger partial charge in [0.05, 0.1) is 0 Å². The van der Waals surface area contributed by atoms with Crippen LogP contribution < -0.4 is 5.32 Å². The monoisotopic (exact) mass is 208 g/mol. The van der Waals surface area contributed by atoms with Gasteiger partial charge in [0.25, 0.3) is 0 Å². The van der Waals surface area contributed by atoms with Gasteiger partial charge < -0.3 is 10.2 Å². The summed E-state index contributed by atoms with van der Waals surface area (Å²) in [6.45, 7) is 4.30. The van der Waals surface area contributed by atoms with Crippen molar-refractivity contribution in [2.45, 2.75) is 44.7 Å². The molecule has 84 valence electrons. The van der Waals surface area contributed by atoms with Crippen LogP contribution in [-0.2, 0) is 4.79 Å². The zero-order chi connectivity index (χ0) is 10.7. The van der Waals surface area contributed by atoms with Gasteiger partial charge in [-0.05, 0) is 45.2 Å². The molecule has 0 spiro atoms. The lowest BCUT2D eigenvalue weighted by Gasteiger charge is -2.34. The average Bonchev–Trinajstić information content (AvgIpc) is 2.65. The van der Waals surface area contributed by atoms with Crippen LogP contribution >= 0.6 is 0 Å². The molecule has 1 N–H and O–H groups in total. The normalized spacial score (nSPS) is 31.8. The largest absolute Gasteiger partial charge is 0.350 e. The summed E-state index contributed by atoms with van der Waals surface area (Å²) in [5.74, 6) is 0.0638. The number of nitrogens with zero attached hydrogens (tertiary/aromatic N) is 1. The van der Waals surface area contributed by atoms with E-state index in [1.165, 1.54) is 19.4 Å². The highest BCUT2D eigenvalue weighted by molar-refractivity contribution is 5.87. The summed E-state index contributed by atoms with van der Waals surface area (Å²) in [5, 5.41) is 3.08. The first-order valence-electron chi connectivity index (χ1n) is 5.97. The molecule has 0 aromatic heterocycles. The Morgan fingerprint density at radius 1 is 1.40 bits per heavy atom. The zero-order valence-electron chi connectivity index (χ0n) is 9.41. The van der Waals surface area contributed by atoms with Crippen molar-refractivity contribution in [3.8, 4) is 0 Å². The van der Waals surface area contributed by atoms with Crippen LogP contribution in [0.1, 0.15) is 32.6 Å². The van der Waals surface area contributed by atoms with E-state index >= 15 is 0 Å². The van der Waals surface area contributed by atoms with Crippen LogP contribution in [0.2, 0.25) is 0 Å². The standard InChI is InChI=1S/C12H20N2O/c1-2-4-12(15)13-10-6-8-14-7-3-5-11(14)9-10/h2,4,10-11H,3,5-9H2,1H3,(H,13,15)/b4-2+. The molecule has 3 heteroatoms. The quantitative estimate of drug-likeness (QED) is 0.694. The fourth-order valence-electron chi connectivity index (χ4n) is 2.76. The lowest BCUT2D eigenvalue weighted by Crippen LogP contribution is -2.47. The maximum Gasteiger partial charge on any atom is 0.243 e. The van der Waals surface area contributed by atoms with Crippen molar-refractivity contribution in [2.75, 3.05) is 13.1 Å². The molecule has 2 aliphatic heterocycles. The second kappa shape index (κ2) is 4.79. The second-order valence-corrected chi connectivity index (χ2v) is 4.56. The Morgan fingerprint density at radius 2 is 2.27 bits per heavy atom. The molecule has 0 aliphatic carbocycles. The first-order chi connectivity index (χ1) is 7.29. The van der Waals surface area contributed by atoms with E-state index in [-0.39, 0.29) is 5.91 Å². The number of hydrogen-bond acceptors (Lipinski definition) is 2. The first-order valence-corrected chi connectivity index (χ1v) is 5.97. The van der Waals surface area contributed by atoms with Crippen LogP contribution in [-0.4, -0.2) is 36.0 Å². The van der Waals surface area contributed by atoms with Crippen LogP contribution in [0, 0.1) is 0 Å². The van der Waals surface area contributed by atoms with E-state index in [9.17, 15) is 4.79 Å². The number of fused-ring (bicyclic) bond motifs is 1. The Morgan fingerprint density at radius 3 is 3.07 bits per heavy atom. The molecule has 2 fully saturated rings. The van der Waals surface area contributed by atoms with Gasteiger partial charge in [0.2, 0.25) is 5.91 Å². The molecule has 2 rings (SSSR count). The van der Waals surface area contributed by atoms with Crippen molar-refractivity contribution < 1.29 is 4.79 Å². The van der Waals surface area contributed by atoms with Gasteiger partial charge in [-0.2, -0.15) is 0 Å². The molecular formula is C12H20N2O. The smallest absolute Gasteiger partial charge is 0.243 e. The second-order valence-electron chi connectivity index (χ2n) is 4.56. The number of piperidine rings is 1. The van der Waals surface area contributed by atoms with Crippen LogP contribution in [0.5, 0.6) is 0 Å². The molecule has 2 heterocycles. The number of rotatable bonds is 2. The highest BCUT2D eigenvalue weighted by atomic mass is 16.1. The number of nitrogens with one attached hydrogen (secondary N) is 1. The van der Waals surface area contributed by atoms with Crippen molar-refractivity contribution >= 4 is 5.91 Å². The molecule has 0 radical (unpaired) electrons. The Bertz CT molecular complexity index is 262. The topological polar surface area (TPSA) is 32.3 Å². The molecule has 2 atom stereocenters. The molecule has 15 heavy (non-hydrogen) atoms. The molecule has 0 aromatic rings. The molecule has 0 saturated carbocycles. The van der Waals surface area contributed by atoms with Crippen LogP contribution in [0.3, 0.4) is 0 Å². The van der Waals surface area contributed by atoms with Gasteiger partial charge in [-0.1, -0.05) is 6.08 Å². The third kappa shape index (κ3) is 2.59. The first kappa shape index (κ1) is 10.7. The molecule has 2 unspecified atom stereocenters. The van der Waals surface area contributed by atoms with Crippen molar-refractivity contribution in [3.05, 3.63) is 12.2 Å². The minimum atomic E-state index is 0.0638. The number of carbonyl (C=O) groups is 1. The Kier molecular flexibility index (Phi) is 3.41. The van der Waals surface area contributed by atoms with Gasteiger partial charge in [-0.25, -0.2) is 0 Å². The van der Waals surface area contributed by atoms with Crippen molar-refractivity contribution in [2.24, 2.45) is 0 Å². The predicted molar refractivity (Wildman–Crippen MR) is 60.6 cm³/mol. The molecule has 0 aromatic carbocycles. The van der Waals surface area contributed by atoms with E-state index in [1.54, 1.807) is 12.2 Å². The van der Waals surface area contributed by atoms with Gasteiger partial charge in [-0.15, -0.1) is 0 Å². The van der Waals surface area contributed by atoms with E-state index < -0.39 is 0 Å². The average molecular weight is 208 g/mol. The number of carbonyl (C=O) groups excluding carboxylic acids is 1. The SMILES string of the molecule is C/C=C/C(=O)NC1CCN2CCCC2C1. The van der Waals surface area contributed by atoms with Gasteiger partial charge >= 0.3 is 0 Å². The predicted octanol–water partition coefficient (Wildman–Crippen LogP) is 1.31. The Balaban J connectivity index is 1.82. The number of allylic oxidation sites excluding steroid dienone is 1. The van der Waals surface area contributed by atoms with Gasteiger partial charge in [0, 0.05) is 18.6 Å². The summed E-state index contributed by atoms with van der Waals surface area (Å²) in [5.41, 5.74) is 0. The van der Waals surface area contributed by atoms with Gasteiger partial charge in [0.1, 0.15) is 0 Å². The minimum absolute atomic E-state index is 0.0638. The summed E-state index contributed by atoms with van der Waals surface area (Å²) in [6.07, 6.45) is 8.31. The fourth-order valence-corrected chi connectivity index (χ4v) is 2.76. The number of amides is 1. The van der Waals surface area contributed by atoms with E-state index in [2.05, 4.69) is 10.2 Å². The van der Waals surface area contributed by atoms with Crippen LogP contribution in [0.4, 0.5) is 0 Å². The van der Waals surface area contributed by atoms with E-state index in [0.29, 0.717) is 6.04 Å². The van der Waals surface area contributed by atoms with E-state index in [1.807, 2.05) is 6.92 Å². The van der Waals surface area contributed by atoms with E-state index in [4.69, 9.17) is 0 Å². The maximum atomic E-state index is 11.4. The summed E-state index contributed by atoms with van der Waals surface area (Å²) in [4.78, 5) is 14.0. The van der Waals surface area contributed by atoms with E-state index in [0.717, 1.165) is 25.4 Å². The summed E-state index contributed by atoms with van der Waals surface area (Å²) >= 11 is 0. The summed E-state index contributed by atoms with van der Waals surface area (Å²) in [6, 6.07) is 1.13. The zero-order valence-corrected chi connectivity index (χ0v) is 9.41. The highest BCUT2D eigenvalue weighted by Crippen LogP contribution is 2.26. The van der Waals surface area contributed by atoms with Crippen molar-refractivity contribution in [1.82, 2.24) is 10.2 Å². The van der Waals surface area contributed by atoms with Crippen LogP contribution in [0.15, 0.2) is 12.2 Å².